The summed E-state index contributed by atoms with van der Waals surface area (Å²) in [5, 5.41) is 14.9. The first-order valence-corrected chi connectivity index (χ1v) is 10.3. The van der Waals surface area contributed by atoms with E-state index in [0.29, 0.717) is 17.8 Å². The van der Waals surface area contributed by atoms with E-state index in [1.54, 1.807) is 24.3 Å². The molecule has 1 aliphatic rings. The number of nitrogens with zero attached hydrogens (tertiary/aromatic N) is 1. The van der Waals surface area contributed by atoms with Gasteiger partial charge >= 0.3 is 5.97 Å². The lowest BCUT2D eigenvalue weighted by Crippen LogP contribution is -2.45. The highest BCUT2D eigenvalue weighted by molar-refractivity contribution is 5.96. The number of carbonyl (C=O) groups excluding carboxylic acids is 2. The normalized spacial score (nSPS) is 14.8. The average molecular weight is 412 g/mol. The molecular formula is C23H29N3O4. The number of piperidine rings is 1. The van der Waals surface area contributed by atoms with Crippen molar-refractivity contribution in [3.63, 3.8) is 0 Å². The van der Waals surface area contributed by atoms with Gasteiger partial charge in [-0.1, -0.05) is 42.5 Å². The number of nitrogens with one attached hydrogen (secondary N) is 2. The molecule has 160 valence electrons. The number of anilines is 1. The second kappa shape index (κ2) is 11.3. The maximum Gasteiger partial charge on any atom is 0.340 e. The first kappa shape index (κ1) is 21.8. The zero-order chi connectivity index (χ0) is 21.2. The van der Waals surface area contributed by atoms with Gasteiger partial charge in [-0.3, -0.25) is 9.69 Å². The van der Waals surface area contributed by atoms with Gasteiger partial charge in [-0.05, 0) is 30.5 Å². The molecule has 1 heterocycles. The van der Waals surface area contributed by atoms with Crippen LogP contribution in [-0.4, -0.2) is 60.8 Å². The topological polar surface area (TPSA) is 90.9 Å². The van der Waals surface area contributed by atoms with Crippen LogP contribution in [0.4, 0.5) is 5.69 Å². The second-order valence-electron chi connectivity index (χ2n) is 7.38. The number of benzene rings is 2. The van der Waals surface area contributed by atoms with E-state index in [1.807, 2.05) is 18.2 Å². The molecule has 0 radical (unpaired) electrons. The summed E-state index contributed by atoms with van der Waals surface area (Å²) < 4.78 is 5.19. The maximum atomic E-state index is 12.3. The molecular weight excluding hydrogens is 382 g/mol. The first-order chi connectivity index (χ1) is 14.7. The Morgan fingerprint density at radius 2 is 1.73 bits per heavy atom. The predicted octanol–water partition coefficient (Wildman–Crippen LogP) is 2.03. The number of likely N-dealkylation sites (tertiary alicyclic amines) is 1. The van der Waals surface area contributed by atoms with Crippen molar-refractivity contribution in [2.75, 3.05) is 38.2 Å². The van der Waals surface area contributed by atoms with Crippen molar-refractivity contribution in [3.8, 4) is 0 Å². The van der Waals surface area contributed by atoms with Crippen LogP contribution in [0.15, 0.2) is 54.6 Å². The fraction of sp³-hybridized carbons (Fsp3) is 0.391. The molecule has 30 heavy (non-hydrogen) atoms. The van der Waals surface area contributed by atoms with Crippen LogP contribution < -0.4 is 10.6 Å². The summed E-state index contributed by atoms with van der Waals surface area (Å²) in [6.45, 7) is 2.73. The fourth-order valence-electron chi connectivity index (χ4n) is 3.56. The van der Waals surface area contributed by atoms with Crippen LogP contribution in [0.25, 0.3) is 0 Å². The van der Waals surface area contributed by atoms with Gasteiger partial charge in [0.25, 0.3) is 5.91 Å². The lowest BCUT2D eigenvalue weighted by Gasteiger charge is -2.32. The lowest BCUT2D eigenvalue weighted by molar-refractivity contribution is -0.125. The molecule has 2 aromatic carbocycles. The van der Waals surface area contributed by atoms with E-state index in [4.69, 9.17) is 9.84 Å². The minimum absolute atomic E-state index is 0.0457. The molecule has 0 atom stereocenters. The molecule has 0 bridgehead atoms. The molecule has 7 heteroatoms. The van der Waals surface area contributed by atoms with Crippen molar-refractivity contribution in [2.24, 2.45) is 0 Å². The van der Waals surface area contributed by atoms with Crippen molar-refractivity contribution in [1.82, 2.24) is 10.2 Å². The van der Waals surface area contributed by atoms with Gasteiger partial charge in [-0.2, -0.15) is 0 Å². The SMILES string of the molecule is O=C(COC(=O)c1ccccc1NCCO)NC1CCN(Cc2ccccc2)CC1. The van der Waals surface area contributed by atoms with Gasteiger partial charge in [0.1, 0.15) is 0 Å². The molecule has 2 aromatic rings. The number of hydrogen-bond donors (Lipinski definition) is 3. The van der Waals surface area contributed by atoms with Crippen LogP contribution in [0.2, 0.25) is 0 Å². The Hall–Kier alpha value is -2.90. The van der Waals surface area contributed by atoms with Crippen LogP contribution in [0.1, 0.15) is 28.8 Å². The van der Waals surface area contributed by atoms with Crippen LogP contribution in [-0.2, 0) is 16.1 Å². The average Bonchev–Trinajstić information content (AvgIpc) is 2.78. The van der Waals surface area contributed by atoms with Gasteiger partial charge in [0.15, 0.2) is 6.61 Å². The number of ether oxygens (including phenoxy) is 1. The largest absolute Gasteiger partial charge is 0.452 e. The molecule has 1 saturated heterocycles. The highest BCUT2D eigenvalue weighted by atomic mass is 16.5. The molecule has 0 saturated carbocycles. The van der Waals surface area contributed by atoms with Crippen LogP contribution in [0.3, 0.4) is 0 Å². The van der Waals surface area contributed by atoms with Crippen molar-refractivity contribution in [1.29, 1.82) is 0 Å². The predicted molar refractivity (Wildman–Crippen MR) is 115 cm³/mol. The molecule has 1 amide bonds. The molecule has 0 spiro atoms. The zero-order valence-electron chi connectivity index (χ0n) is 17.0. The zero-order valence-corrected chi connectivity index (χ0v) is 17.0. The van der Waals surface area contributed by atoms with Gasteiger partial charge in [-0.15, -0.1) is 0 Å². The number of rotatable bonds is 9. The van der Waals surface area contributed by atoms with E-state index < -0.39 is 5.97 Å². The van der Waals surface area contributed by atoms with Crippen LogP contribution in [0.5, 0.6) is 0 Å². The van der Waals surface area contributed by atoms with Crippen molar-refractivity contribution in [3.05, 3.63) is 65.7 Å². The van der Waals surface area contributed by atoms with E-state index >= 15 is 0 Å². The molecule has 3 rings (SSSR count). The number of hydrogen-bond acceptors (Lipinski definition) is 6. The summed E-state index contributed by atoms with van der Waals surface area (Å²) in [7, 11) is 0. The van der Waals surface area contributed by atoms with Gasteiger partial charge in [0.2, 0.25) is 0 Å². The van der Waals surface area contributed by atoms with Gasteiger partial charge < -0.3 is 20.5 Å². The molecule has 1 fully saturated rings. The van der Waals surface area contributed by atoms with Crippen molar-refractivity contribution in [2.45, 2.75) is 25.4 Å². The monoisotopic (exact) mass is 411 g/mol. The van der Waals surface area contributed by atoms with Gasteiger partial charge in [0, 0.05) is 37.9 Å². The summed E-state index contributed by atoms with van der Waals surface area (Å²) in [4.78, 5) is 26.9. The molecule has 0 aromatic heterocycles. The number of carbonyl (C=O) groups is 2. The third kappa shape index (κ3) is 6.57. The number of esters is 1. The Morgan fingerprint density at radius 1 is 1.03 bits per heavy atom. The standard InChI is InChI=1S/C23H29N3O4/c27-15-12-24-21-9-5-4-8-20(21)23(29)30-17-22(28)25-19-10-13-26(14-11-19)16-18-6-2-1-3-7-18/h1-9,19,24,27H,10-17H2,(H,25,28). The van der Waals surface area contributed by atoms with Gasteiger partial charge in [0.05, 0.1) is 12.2 Å². The maximum absolute atomic E-state index is 12.3. The summed E-state index contributed by atoms with van der Waals surface area (Å²) in [6, 6.07) is 17.3. The number of aliphatic hydroxyl groups excluding tert-OH is 1. The fourth-order valence-corrected chi connectivity index (χ4v) is 3.56. The number of aliphatic hydroxyl groups is 1. The van der Waals surface area contributed by atoms with Crippen LogP contribution >= 0.6 is 0 Å². The first-order valence-electron chi connectivity index (χ1n) is 10.3. The van der Waals surface area contributed by atoms with E-state index in [2.05, 4.69) is 27.7 Å². The Morgan fingerprint density at radius 3 is 2.47 bits per heavy atom. The highest BCUT2D eigenvalue weighted by Crippen LogP contribution is 2.16. The molecule has 0 aliphatic carbocycles. The van der Waals surface area contributed by atoms with Crippen molar-refractivity contribution < 1.29 is 19.4 Å². The summed E-state index contributed by atoms with van der Waals surface area (Å²) >= 11 is 0. The van der Waals surface area contributed by atoms with Crippen molar-refractivity contribution >= 4 is 17.6 Å². The molecule has 1 aliphatic heterocycles. The Balaban J connectivity index is 1.40. The minimum atomic E-state index is -0.566. The third-order valence-corrected chi connectivity index (χ3v) is 5.11. The molecule has 3 N–H and O–H groups in total. The summed E-state index contributed by atoms with van der Waals surface area (Å²) in [5.41, 5.74) is 2.20. The summed E-state index contributed by atoms with van der Waals surface area (Å²) in [6.07, 6.45) is 1.75. The molecule has 7 nitrogen and oxygen atoms in total. The number of para-hydroxylation sites is 1. The van der Waals surface area contributed by atoms with E-state index in [1.165, 1.54) is 5.56 Å². The lowest BCUT2D eigenvalue weighted by atomic mass is 10.0. The number of amides is 1. The summed E-state index contributed by atoms with van der Waals surface area (Å²) in [5.74, 6) is -0.852. The van der Waals surface area contributed by atoms with E-state index in [9.17, 15) is 9.59 Å². The highest BCUT2D eigenvalue weighted by Gasteiger charge is 2.21. The quantitative estimate of drug-likeness (QED) is 0.547. The van der Waals surface area contributed by atoms with E-state index in [0.717, 1.165) is 32.5 Å². The van der Waals surface area contributed by atoms with Gasteiger partial charge in [-0.25, -0.2) is 4.79 Å². The Bertz CT molecular complexity index is 820. The van der Waals surface area contributed by atoms with Crippen LogP contribution in [0, 0.1) is 0 Å². The third-order valence-electron chi connectivity index (χ3n) is 5.11. The molecule has 0 unspecified atom stereocenters. The smallest absolute Gasteiger partial charge is 0.340 e. The second-order valence-corrected chi connectivity index (χ2v) is 7.38. The Labute approximate surface area is 177 Å². The Kier molecular flexibility index (Phi) is 8.23. The van der Waals surface area contributed by atoms with E-state index in [-0.39, 0.29) is 25.2 Å². The minimum Gasteiger partial charge on any atom is -0.452 e.